The van der Waals surface area contributed by atoms with Crippen LogP contribution in [0, 0.1) is 6.92 Å². The van der Waals surface area contributed by atoms with Gasteiger partial charge in [0.05, 0.1) is 25.7 Å². The topological polar surface area (TPSA) is 86.7 Å². The van der Waals surface area contributed by atoms with Crippen LogP contribution >= 0.6 is 11.6 Å². The molecule has 0 aliphatic rings. The normalized spacial score (nSPS) is 11.8. The highest BCUT2D eigenvalue weighted by atomic mass is 35.5. The summed E-state index contributed by atoms with van der Waals surface area (Å²) in [6, 6.07) is 16.7. The van der Waals surface area contributed by atoms with Crippen LogP contribution in [0.15, 0.2) is 76.1 Å². The van der Waals surface area contributed by atoms with Crippen LogP contribution in [0.2, 0.25) is 5.02 Å². The zero-order chi connectivity index (χ0) is 23.2. The lowest BCUT2D eigenvalue weighted by Gasteiger charge is -2.15. The predicted molar refractivity (Wildman–Crippen MR) is 124 cm³/mol. The molecular formula is C25H23ClN2O5. The summed E-state index contributed by atoms with van der Waals surface area (Å²) in [5.41, 5.74) is 4.47. The van der Waals surface area contributed by atoms with Crippen LogP contribution in [0.25, 0.3) is 11.3 Å². The quantitative estimate of drug-likeness (QED) is 0.303. The van der Waals surface area contributed by atoms with Gasteiger partial charge in [-0.15, -0.1) is 0 Å². The van der Waals surface area contributed by atoms with Gasteiger partial charge in [-0.2, -0.15) is 0 Å². The van der Waals surface area contributed by atoms with E-state index in [0.29, 0.717) is 35.4 Å². The van der Waals surface area contributed by atoms with E-state index in [2.05, 4.69) is 10.5 Å². The highest BCUT2D eigenvalue weighted by Crippen LogP contribution is 2.32. The van der Waals surface area contributed by atoms with Crippen LogP contribution in [-0.4, -0.2) is 11.2 Å². The average molecular weight is 467 g/mol. The maximum atomic E-state index is 12.5. The Morgan fingerprint density at radius 2 is 1.85 bits per heavy atom. The molecule has 1 amide bonds. The van der Waals surface area contributed by atoms with E-state index < -0.39 is 12.2 Å². The second-order valence-electron chi connectivity index (χ2n) is 7.49. The van der Waals surface area contributed by atoms with E-state index in [1.54, 1.807) is 32.4 Å². The number of rotatable bonds is 8. The lowest BCUT2D eigenvalue weighted by molar-refractivity contribution is 0.107. The summed E-state index contributed by atoms with van der Waals surface area (Å²) in [4.78, 5) is 12.5. The van der Waals surface area contributed by atoms with Crippen LogP contribution < -0.4 is 5.32 Å². The number of anilines is 1. The maximum Gasteiger partial charge on any atom is 0.412 e. The van der Waals surface area contributed by atoms with E-state index in [-0.39, 0.29) is 0 Å². The molecule has 2 aromatic heterocycles. The first-order chi connectivity index (χ1) is 16.0. The minimum Gasteiger partial charge on any atom is -0.472 e. The van der Waals surface area contributed by atoms with E-state index in [1.807, 2.05) is 48.5 Å². The monoisotopic (exact) mass is 466 g/mol. The van der Waals surface area contributed by atoms with Gasteiger partial charge < -0.3 is 18.4 Å². The number of carbonyl (C=O) groups excluding carboxylic acids is 1. The molecule has 33 heavy (non-hydrogen) atoms. The third kappa shape index (κ3) is 5.63. The fraction of sp³-hybridized carbons (Fsp3) is 0.200. The number of hydrogen-bond donors (Lipinski definition) is 1. The SMILES string of the molecule is Cc1noc(-c2ccc(COCc3ccoc3)cc2)c1NC(=O)OC(C)c1ccccc1Cl. The number of ether oxygens (including phenoxy) is 2. The average Bonchev–Trinajstić information content (AvgIpc) is 3.45. The fourth-order valence-corrected chi connectivity index (χ4v) is 3.58. The summed E-state index contributed by atoms with van der Waals surface area (Å²) in [6.45, 7) is 4.44. The minimum atomic E-state index is -0.626. The van der Waals surface area contributed by atoms with E-state index in [9.17, 15) is 4.79 Å². The number of furan rings is 1. The molecule has 2 aromatic carbocycles. The van der Waals surface area contributed by atoms with Crippen molar-refractivity contribution < 1.29 is 23.2 Å². The number of aryl methyl sites for hydroxylation is 1. The minimum absolute atomic E-state index is 0.445. The van der Waals surface area contributed by atoms with Gasteiger partial charge in [-0.1, -0.05) is 59.2 Å². The number of amides is 1. The molecule has 4 aromatic rings. The molecule has 0 saturated carbocycles. The van der Waals surface area contributed by atoms with Gasteiger partial charge >= 0.3 is 6.09 Å². The molecule has 7 nitrogen and oxygen atoms in total. The van der Waals surface area contributed by atoms with Gasteiger partial charge in [0, 0.05) is 21.7 Å². The molecule has 2 heterocycles. The fourth-order valence-electron chi connectivity index (χ4n) is 3.29. The lowest BCUT2D eigenvalue weighted by Crippen LogP contribution is -2.17. The number of nitrogens with zero attached hydrogens (tertiary/aromatic N) is 1. The summed E-state index contributed by atoms with van der Waals surface area (Å²) in [7, 11) is 0. The Bertz CT molecular complexity index is 1200. The van der Waals surface area contributed by atoms with Crippen molar-refractivity contribution >= 4 is 23.4 Å². The second kappa shape index (κ2) is 10.4. The first-order valence-electron chi connectivity index (χ1n) is 10.4. The molecule has 0 bridgehead atoms. The standard InChI is InChI=1S/C25H23ClN2O5/c1-16-23(27-25(29)32-17(2)21-5-3-4-6-22(21)26)24(33-28-16)20-9-7-18(8-10-20)13-31-15-19-11-12-30-14-19/h3-12,14,17H,13,15H2,1-2H3,(H,27,29). The van der Waals surface area contributed by atoms with Crippen molar-refractivity contribution in [3.05, 3.63) is 94.5 Å². The van der Waals surface area contributed by atoms with Crippen molar-refractivity contribution in [3.8, 4) is 11.3 Å². The second-order valence-corrected chi connectivity index (χ2v) is 7.89. The molecule has 1 atom stereocenters. The summed E-state index contributed by atoms with van der Waals surface area (Å²) in [5.74, 6) is 0.445. The number of aromatic nitrogens is 1. The Labute approximate surface area is 196 Å². The van der Waals surface area contributed by atoms with Gasteiger partial charge in [0.15, 0.2) is 5.76 Å². The van der Waals surface area contributed by atoms with Crippen LogP contribution in [0.1, 0.15) is 35.4 Å². The summed E-state index contributed by atoms with van der Waals surface area (Å²) < 4.78 is 21.7. The highest BCUT2D eigenvalue weighted by molar-refractivity contribution is 6.31. The third-order valence-corrected chi connectivity index (χ3v) is 5.39. The third-order valence-electron chi connectivity index (χ3n) is 5.05. The van der Waals surface area contributed by atoms with E-state index in [4.69, 9.17) is 30.0 Å². The van der Waals surface area contributed by atoms with E-state index in [1.165, 1.54) is 0 Å². The number of benzene rings is 2. The van der Waals surface area contributed by atoms with Crippen molar-refractivity contribution in [1.29, 1.82) is 0 Å². The zero-order valence-electron chi connectivity index (χ0n) is 18.2. The molecule has 0 aliphatic heterocycles. The van der Waals surface area contributed by atoms with Crippen LogP contribution in [0.4, 0.5) is 10.5 Å². The Morgan fingerprint density at radius 3 is 2.58 bits per heavy atom. The Kier molecular flexibility index (Phi) is 7.12. The Balaban J connectivity index is 1.39. The lowest BCUT2D eigenvalue weighted by atomic mass is 10.1. The molecule has 1 unspecified atom stereocenters. The molecule has 0 fully saturated rings. The molecular weight excluding hydrogens is 444 g/mol. The van der Waals surface area contributed by atoms with Gasteiger partial charge in [-0.25, -0.2) is 4.79 Å². The molecule has 8 heteroatoms. The van der Waals surface area contributed by atoms with Gasteiger partial charge in [0.2, 0.25) is 0 Å². The summed E-state index contributed by atoms with van der Waals surface area (Å²) >= 11 is 6.20. The molecule has 0 radical (unpaired) electrons. The van der Waals surface area contributed by atoms with Crippen molar-refractivity contribution in [3.63, 3.8) is 0 Å². The molecule has 1 N–H and O–H groups in total. The molecule has 4 rings (SSSR count). The first kappa shape index (κ1) is 22.6. The van der Waals surface area contributed by atoms with Crippen LogP contribution in [0.3, 0.4) is 0 Å². The Hall–Kier alpha value is -3.55. The summed E-state index contributed by atoms with van der Waals surface area (Å²) in [6.07, 6.45) is 2.12. The van der Waals surface area contributed by atoms with E-state index >= 15 is 0 Å². The van der Waals surface area contributed by atoms with Crippen molar-refractivity contribution in [2.24, 2.45) is 0 Å². The molecule has 0 saturated heterocycles. The number of hydrogen-bond acceptors (Lipinski definition) is 6. The van der Waals surface area contributed by atoms with Crippen molar-refractivity contribution in [1.82, 2.24) is 5.16 Å². The molecule has 0 spiro atoms. The summed E-state index contributed by atoms with van der Waals surface area (Å²) in [5, 5.41) is 7.28. The Morgan fingerprint density at radius 1 is 1.09 bits per heavy atom. The highest BCUT2D eigenvalue weighted by Gasteiger charge is 2.20. The van der Waals surface area contributed by atoms with Gasteiger partial charge in [0.1, 0.15) is 17.5 Å². The molecule has 170 valence electrons. The largest absolute Gasteiger partial charge is 0.472 e. The molecule has 0 aliphatic carbocycles. The number of halogens is 1. The van der Waals surface area contributed by atoms with Gasteiger partial charge in [0.25, 0.3) is 0 Å². The van der Waals surface area contributed by atoms with Gasteiger partial charge in [-0.3, -0.25) is 5.32 Å². The first-order valence-corrected chi connectivity index (χ1v) is 10.8. The maximum absolute atomic E-state index is 12.5. The van der Waals surface area contributed by atoms with E-state index in [0.717, 1.165) is 22.3 Å². The smallest absolute Gasteiger partial charge is 0.412 e. The van der Waals surface area contributed by atoms with Crippen LogP contribution in [-0.2, 0) is 22.7 Å². The van der Waals surface area contributed by atoms with Crippen LogP contribution in [0.5, 0.6) is 0 Å². The van der Waals surface area contributed by atoms with Crippen molar-refractivity contribution in [2.75, 3.05) is 5.32 Å². The number of carbonyl (C=O) groups is 1. The number of nitrogens with one attached hydrogen (secondary N) is 1. The predicted octanol–water partition coefficient (Wildman–Crippen LogP) is 6.92. The zero-order valence-corrected chi connectivity index (χ0v) is 19.0. The van der Waals surface area contributed by atoms with Crippen molar-refractivity contribution in [2.45, 2.75) is 33.2 Å². The van der Waals surface area contributed by atoms with Gasteiger partial charge in [-0.05, 0) is 31.5 Å².